The van der Waals surface area contributed by atoms with Crippen LogP contribution in [0.15, 0.2) is 28.8 Å². The number of alkyl halides is 3. The van der Waals surface area contributed by atoms with E-state index in [9.17, 15) is 18.0 Å². The van der Waals surface area contributed by atoms with E-state index in [2.05, 4.69) is 20.0 Å². The molecule has 1 fully saturated rings. The minimum atomic E-state index is -4.70. The lowest BCUT2D eigenvalue weighted by atomic mass is 9.69. The molecule has 1 heterocycles. The number of nitrogens with one attached hydrogen (secondary N) is 1. The molecule has 0 saturated heterocycles. The van der Waals surface area contributed by atoms with Crippen molar-refractivity contribution in [1.29, 1.82) is 5.26 Å². The highest BCUT2D eigenvalue weighted by molar-refractivity contribution is 5.98. The molecule has 0 radical (unpaired) electrons. The van der Waals surface area contributed by atoms with E-state index in [1.807, 2.05) is 6.07 Å². The van der Waals surface area contributed by atoms with Gasteiger partial charge in [-0.2, -0.15) is 23.4 Å². The molecule has 6 nitrogen and oxygen atoms in total. The molecule has 1 aliphatic rings. The van der Waals surface area contributed by atoms with Crippen molar-refractivity contribution in [2.75, 3.05) is 5.32 Å². The van der Waals surface area contributed by atoms with Gasteiger partial charge in [0.05, 0.1) is 6.07 Å². The van der Waals surface area contributed by atoms with Gasteiger partial charge in [-0.15, -0.1) is 0 Å². The third-order valence-electron chi connectivity index (χ3n) is 3.93. The van der Waals surface area contributed by atoms with Crippen LogP contribution in [-0.2, 0) is 11.0 Å². The van der Waals surface area contributed by atoms with Crippen molar-refractivity contribution in [3.05, 3.63) is 30.2 Å². The summed E-state index contributed by atoms with van der Waals surface area (Å²) in [5, 5.41) is 15.0. The number of nitriles is 1. The van der Waals surface area contributed by atoms with Gasteiger partial charge in [0, 0.05) is 11.3 Å². The summed E-state index contributed by atoms with van der Waals surface area (Å²) in [6, 6.07) is 7.96. The van der Waals surface area contributed by atoms with Gasteiger partial charge in [0.2, 0.25) is 11.7 Å². The monoisotopic (exact) mass is 336 g/mol. The van der Waals surface area contributed by atoms with Gasteiger partial charge < -0.3 is 9.84 Å². The summed E-state index contributed by atoms with van der Waals surface area (Å²) in [4.78, 5) is 15.4. The second-order valence-corrected chi connectivity index (χ2v) is 5.50. The summed E-state index contributed by atoms with van der Waals surface area (Å²) in [6.07, 6.45) is -2.82. The Labute approximate surface area is 134 Å². The second-order valence-electron chi connectivity index (χ2n) is 5.50. The molecule has 0 atom stereocenters. The maximum Gasteiger partial charge on any atom is 0.471 e. The van der Waals surface area contributed by atoms with E-state index in [4.69, 9.17) is 5.26 Å². The van der Waals surface area contributed by atoms with Gasteiger partial charge >= 0.3 is 12.1 Å². The van der Waals surface area contributed by atoms with Gasteiger partial charge in [0.15, 0.2) is 0 Å². The largest absolute Gasteiger partial charge is 0.471 e. The second kappa shape index (κ2) is 5.63. The molecule has 1 N–H and O–H groups in total. The summed E-state index contributed by atoms with van der Waals surface area (Å²) in [6.45, 7) is 0. The molecule has 0 unspecified atom stereocenters. The Bertz CT molecular complexity index is 801. The number of halogens is 3. The van der Waals surface area contributed by atoms with Gasteiger partial charge in [-0.1, -0.05) is 5.16 Å². The zero-order chi connectivity index (χ0) is 17.4. The maximum absolute atomic E-state index is 12.4. The number of anilines is 1. The molecule has 1 aliphatic carbocycles. The van der Waals surface area contributed by atoms with Crippen molar-refractivity contribution < 1.29 is 22.5 Å². The van der Waals surface area contributed by atoms with Gasteiger partial charge in [-0.05, 0) is 43.5 Å². The van der Waals surface area contributed by atoms with E-state index in [0.717, 1.165) is 6.42 Å². The number of aromatic nitrogens is 2. The molecule has 2 aromatic rings. The Morgan fingerprint density at radius 3 is 2.42 bits per heavy atom. The predicted octanol–water partition coefficient (Wildman–Crippen LogP) is 3.39. The number of benzene rings is 1. The standard InChI is InChI=1S/C15H11F3N4O2/c16-15(17,18)13-21-11(22-24-13)9-2-4-10(5-3-9)20-12(23)14(8-19)6-1-7-14/h2-5H,1,6-7H2,(H,20,23). The Balaban J connectivity index is 1.73. The Kier molecular flexibility index (Phi) is 3.75. The van der Waals surface area contributed by atoms with Crippen LogP contribution in [0.4, 0.5) is 18.9 Å². The first kappa shape index (κ1) is 16.0. The van der Waals surface area contributed by atoms with Crippen molar-refractivity contribution in [2.45, 2.75) is 25.4 Å². The normalized spacial score (nSPS) is 16.1. The van der Waals surface area contributed by atoms with Crippen LogP contribution in [0.3, 0.4) is 0 Å². The fraction of sp³-hybridized carbons (Fsp3) is 0.333. The van der Waals surface area contributed by atoms with Crippen LogP contribution in [0.2, 0.25) is 0 Å². The van der Waals surface area contributed by atoms with Gasteiger partial charge in [0.1, 0.15) is 5.41 Å². The first-order chi connectivity index (χ1) is 11.3. The SMILES string of the molecule is N#CC1(C(=O)Nc2ccc(-c3noc(C(F)(F)F)n3)cc2)CCC1. The summed E-state index contributed by atoms with van der Waals surface area (Å²) in [5.74, 6) is -1.99. The first-order valence-corrected chi connectivity index (χ1v) is 7.08. The Morgan fingerprint density at radius 1 is 1.29 bits per heavy atom. The van der Waals surface area contributed by atoms with Crippen LogP contribution < -0.4 is 5.32 Å². The number of hydrogen-bond acceptors (Lipinski definition) is 5. The van der Waals surface area contributed by atoms with E-state index < -0.39 is 17.5 Å². The van der Waals surface area contributed by atoms with E-state index in [1.165, 1.54) is 24.3 Å². The predicted molar refractivity (Wildman–Crippen MR) is 75.3 cm³/mol. The highest BCUT2D eigenvalue weighted by atomic mass is 19.4. The zero-order valence-electron chi connectivity index (χ0n) is 12.2. The fourth-order valence-electron chi connectivity index (χ4n) is 2.33. The molecule has 1 aromatic heterocycles. The number of nitrogens with zero attached hydrogens (tertiary/aromatic N) is 3. The minimum absolute atomic E-state index is 0.201. The number of hydrogen-bond donors (Lipinski definition) is 1. The molecule has 1 amide bonds. The number of carbonyl (C=O) groups is 1. The van der Waals surface area contributed by atoms with E-state index in [-0.39, 0.29) is 11.7 Å². The average Bonchev–Trinajstić information content (AvgIpc) is 2.97. The van der Waals surface area contributed by atoms with Gasteiger partial charge in [-0.25, -0.2) is 0 Å². The van der Waals surface area contributed by atoms with Crippen molar-refractivity contribution in [3.63, 3.8) is 0 Å². The van der Waals surface area contributed by atoms with Crippen molar-refractivity contribution in [1.82, 2.24) is 10.1 Å². The maximum atomic E-state index is 12.4. The Morgan fingerprint density at radius 2 is 1.96 bits per heavy atom. The van der Waals surface area contributed by atoms with E-state index in [1.54, 1.807) is 0 Å². The van der Waals surface area contributed by atoms with Crippen molar-refractivity contribution in [2.24, 2.45) is 5.41 Å². The number of carbonyl (C=O) groups excluding carboxylic acids is 1. The minimum Gasteiger partial charge on any atom is -0.329 e. The van der Waals surface area contributed by atoms with Crippen LogP contribution in [0.5, 0.6) is 0 Å². The number of amides is 1. The molecule has 0 aliphatic heterocycles. The lowest BCUT2D eigenvalue weighted by Gasteiger charge is -2.33. The molecule has 24 heavy (non-hydrogen) atoms. The van der Waals surface area contributed by atoms with Crippen molar-refractivity contribution in [3.8, 4) is 17.5 Å². The molecule has 124 valence electrons. The topological polar surface area (TPSA) is 91.8 Å². The molecule has 9 heteroatoms. The fourth-order valence-corrected chi connectivity index (χ4v) is 2.33. The van der Waals surface area contributed by atoms with E-state index in [0.29, 0.717) is 24.1 Å². The quantitative estimate of drug-likeness (QED) is 0.927. The molecule has 3 rings (SSSR count). The van der Waals surface area contributed by atoms with Crippen LogP contribution in [0, 0.1) is 16.7 Å². The summed E-state index contributed by atoms with van der Waals surface area (Å²) in [7, 11) is 0. The third kappa shape index (κ3) is 2.82. The number of rotatable bonds is 3. The Hall–Kier alpha value is -2.89. The third-order valence-corrected chi connectivity index (χ3v) is 3.93. The van der Waals surface area contributed by atoms with Crippen LogP contribution in [0.25, 0.3) is 11.4 Å². The lowest BCUT2D eigenvalue weighted by Crippen LogP contribution is -2.40. The van der Waals surface area contributed by atoms with E-state index >= 15 is 0 Å². The summed E-state index contributed by atoms with van der Waals surface area (Å²) < 4.78 is 41.5. The van der Waals surface area contributed by atoms with Gasteiger partial charge in [-0.3, -0.25) is 4.79 Å². The molecular formula is C15H11F3N4O2. The average molecular weight is 336 g/mol. The highest BCUT2D eigenvalue weighted by Gasteiger charge is 2.44. The summed E-state index contributed by atoms with van der Waals surface area (Å²) >= 11 is 0. The molecule has 0 spiro atoms. The zero-order valence-corrected chi connectivity index (χ0v) is 12.2. The summed E-state index contributed by atoms with van der Waals surface area (Å²) in [5.41, 5.74) is -0.232. The molecule has 0 bridgehead atoms. The molecule has 1 saturated carbocycles. The molecular weight excluding hydrogens is 325 g/mol. The van der Waals surface area contributed by atoms with Crippen molar-refractivity contribution >= 4 is 11.6 Å². The van der Waals surface area contributed by atoms with Crippen LogP contribution in [-0.4, -0.2) is 16.0 Å². The lowest BCUT2D eigenvalue weighted by molar-refractivity contribution is -0.159. The van der Waals surface area contributed by atoms with Crippen LogP contribution >= 0.6 is 0 Å². The van der Waals surface area contributed by atoms with Crippen LogP contribution in [0.1, 0.15) is 25.2 Å². The van der Waals surface area contributed by atoms with Gasteiger partial charge in [0.25, 0.3) is 0 Å². The smallest absolute Gasteiger partial charge is 0.329 e. The highest BCUT2D eigenvalue weighted by Crippen LogP contribution is 2.41. The molecule has 1 aromatic carbocycles. The first-order valence-electron chi connectivity index (χ1n) is 7.08.